The van der Waals surface area contributed by atoms with Crippen molar-refractivity contribution >= 4 is 0 Å². The molecule has 0 amide bonds. The summed E-state index contributed by atoms with van der Waals surface area (Å²) in [5, 5.41) is 0. The smallest absolute Gasteiger partial charge is 0.194 e. The Hall–Kier alpha value is -1.64. The summed E-state index contributed by atoms with van der Waals surface area (Å²) in [4.78, 5) is 0. The van der Waals surface area contributed by atoms with E-state index in [1.165, 1.54) is 23.1 Å². The maximum Gasteiger partial charge on any atom is 0.194 e. The number of benzene rings is 2. The van der Waals surface area contributed by atoms with E-state index < -0.39 is 5.79 Å². The predicted octanol–water partition coefficient (Wildman–Crippen LogP) is 5.05. The molecule has 0 atom stereocenters. The van der Waals surface area contributed by atoms with Gasteiger partial charge in [0.15, 0.2) is 5.79 Å². The molecule has 2 aromatic rings. The maximum atomic E-state index is 6.18. The van der Waals surface area contributed by atoms with Crippen LogP contribution in [0.2, 0.25) is 0 Å². The second-order valence-electron chi connectivity index (χ2n) is 7.13. The average molecular weight is 308 g/mol. The molecule has 23 heavy (non-hydrogen) atoms. The normalized spacial score (nSPS) is 29.7. The highest BCUT2D eigenvalue weighted by Crippen LogP contribution is 2.50. The minimum atomic E-state index is -0.511. The lowest BCUT2D eigenvalue weighted by molar-refractivity contribution is -0.350. The van der Waals surface area contributed by atoms with E-state index in [4.69, 9.17) is 9.47 Å². The molecule has 5 rings (SSSR count). The third-order valence-corrected chi connectivity index (χ3v) is 5.67. The van der Waals surface area contributed by atoms with Crippen molar-refractivity contribution in [2.45, 2.75) is 38.9 Å². The number of hydrogen-bond acceptors (Lipinski definition) is 2. The molecule has 0 aromatic heterocycles. The molecule has 0 N–H and O–H groups in total. The summed E-state index contributed by atoms with van der Waals surface area (Å²) in [5.41, 5.74) is 5.18. The third-order valence-electron chi connectivity index (χ3n) is 5.67. The lowest BCUT2D eigenvalue weighted by Gasteiger charge is -2.52. The van der Waals surface area contributed by atoms with Crippen LogP contribution in [0.1, 0.15) is 37.3 Å². The molecular weight excluding hydrogens is 284 g/mol. The molecule has 2 bridgehead atoms. The van der Waals surface area contributed by atoms with Crippen LogP contribution in [0.5, 0.6) is 0 Å². The second-order valence-corrected chi connectivity index (χ2v) is 7.13. The molecule has 2 heteroatoms. The van der Waals surface area contributed by atoms with Crippen molar-refractivity contribution in [2.24, 2.45) is 5.41 Å². The first-order valence-corrected chi connectivity index (χ1v) is 8.60. The van der Waals surface area contributed by atoms with Gasteiger partial charge in [0.05, 0.1) is 13.2 Å². The predicted molar refractivity (Wildman–Crippen MR) is 92.2 cm³/mol. The number of rotatable bonds is 3. The van der Waals surface area contributed by atoms with Gasteiger partial charge in [0.1, 0.15) is 0 Å². The summed E-state index contributed by atoms with van der Waals surface area (Å²) in [6.45, 7) is 6.00. The Morgan fingerprint density at radius 2 is 1.39 bits per heavy atom. The molecule has 0 unspecified atom stereocenters. The fraction of sp³-hybridized carbons (Fsp3) is 0.429. The van der Waals surface area contributed by atoms with Gasteiger partial charge in [0.2, 0.25) is 0 Å². The van der Waals surface area contributed by atoms with Crippen LogP contribution in [0.15, 0.2) is 48.5 Å². The van der Waals surface area contributed by atoms with Crippen LogP contribution in [0.25, 0.3) is 11.1 Å². The topological polar surface area (TPSA) is 18.5 Å². The zero-order valence-corrected chi connectivity index (χ0v) is 14.0. The van der Waals surface area contributed by atoms with E-state index in [1.807, 2.05) is 0 Å². The monoisotopic (exact) mass is 308 g/mol. The molecule has 2 aromatic carbocycles. The highest BCUT2D eigenvalue weighted by atomic mass is 16.7. The number of fused-ring (bicyclic) bond motifs is 3. The molecule has 0 spiro atoms. The molecule has 0 radical (unpaired) electrons. The van der Waals surface area contributed by atoms with Crippen molar-refractivity contribution < 1.29 is 9.47 Å². The van der Waals surface area contributed by atoms with Gasteiger partial charge in [-0.3, -0.25) is 0 Å². The van der Waals surface area contributed by atoms with Crippen LogP contribution >= 0.6 is 0 Å². The Balaban J connectivity index is 1.58. The van der Waals surface area contributed by atoms with Gasteiger partial charge in [-0.05, 0) is 30.9 Å². The summed E-state index contributed by atoms with van der Waals surface area (Å²) < 4.78 is 12.4. The second kappa shape index (κ2) is 5.47. The minimum Gasteiger partial charge on any atom is -0.345 e. The molecule has 3 fully saturated rings. The van der Waals surface area contributed by atoms with Crippen molar-refractivity contribution in [3.05, 3.63) is 59.7 Å². The lowest BCUT2D eigenvalue weighted by atomic mass is 9.75. The van der Waals surface area contributed by atoms with E-state index in [9.17, 15) is 0 Å². The summed E-state index contributed by atoms with van der Waals surface area (Å²) in [6.07, 6.45) is 3.30. The van der Waals surface area contributed by atoms with E-state index in [0.717, 1.165) is 31.6 Å². The molecule has 2 nitrogen and oxygen atoms in total. The fourth-order valence-corrected chi connectivity index (χ4v) is 3.70. The van der Waals surface area contributed by atoms with Gasteiger partial charge in [-0.1, -0.05) is 61.0 Å². The standard InChI is InChI=1S/C21H24O2/c1-3-20-12-13-21(22-14-20,23-15-20)19-10-8-18(9-11-19)17-6-4-16(2)5-7-17/h4-11H,3,12-15H2,1-2H3. The van der Waals surface area contributed by atoms with E-state index in [0.29, 0.717) is 0 Å². The summed E-state index contributed by atoms with van der Waals surface area (Å²) >= 11 is 0. The first-order chi connectivity index (χ1) is 11.1. The van der Waals surface area contributed by atoms with Crippen LogP contribution in [-0.4, -0.2) is 13.2 Å². The number of hydrogen-bond donors (Lipinski definition) is 0. The van der Waals surface area contributed by atoms with Gasteiger partial charge in [-0.25, -0.2) is 0 Å². The first kappa shape index (κ1) is 14.9. The number of ether oxygens (including phenoxy) is 2. The summed E-state index contributed by atoms with van der Waals surface area (Å²) in [7, 11) is 0. The van der Waals surface area contributed by atoms with E-state index >= 15 is 0 Å². The highest BCUT2D eigenvalue weighted by molar-refractivity contribution is 5.64. The van der Waals surface area contributed by atoms with Crippen molar-refractivity contribution in [1.29, 1.82) is 0 Å². The van der Waals surface area contributed by atoms with Crippen LogP contribution in [0.3, 0.4) is 0 Å². The van der Waals surface area contributed by atoms with Gasteiger partial charge >= 0.3 is 0 Å². The van der Waals surface area contributed by atoms with Gasteiger partial charge in [0.25, 0.3) is 0 Å². The van der Waals surface area contributed by atoms with Crippen molar-refractivity contribution in [3.63, 3.8) is 0 Å². The van der Waals surface area contributed by atoms with E-state index in [-0.39, 0.29) is 5.41 Å². The quantitative estimate of drug-likeness (QED) is 0.790. The molecule has 0 saturated carbocycles. The molecule has 120 valence electrons. The van der Waals surface area contributed by atoms with Crippen molar-refractivity contribution in [1.82, 2.24) is 0 Å². The van der Waals surface area contributed by atoms with Gasteiger partial charge < -0.3 is 9.47 Å². The summed E-state index contributed by atoms with van der Waals surface area (Å²) in [5.74, 6) is -0.511. The maximum absolute atomic E-state index is 6.18. The van der Waals surface area contributed by atoms with Crippen LogP contribution < -0.4 is 0 Å². The largest absolute Gasteiger partial charge is 0.345 e. The van der Waals surface area contributed by atoms with Crippen LogP contribution in [0, 0.1) is 12.3 Å². The molecule has 3 aliphatic heterocycles. The zero-order chi connectivity index (χ0) is 15.9. The zero-order valence-electron chi connectivity index (χ0n) is 14.0. The Labute approximate surface area is 138 Å². The summed E-state index contributed by atoms with van der Waals surface area (Å²) in [6, 6.07) is 17.3. The lowest BCUT2D eigenvalue weighted by Crippen LogP contribution is -2.53. The van der Waals surface area contributed by atoms with Gasteiger partial charge in [-0.15, -0.1) is 0 Å². The molecular formula is C21H24O2. The first-order valence-electron chi connectivity index (χ1n) is 8.60. The van der Waals surface area contributed by atoms with Crippen molar-refractivity contribution in [2.75, 3.05) is 13.2 Å². The van der Waals surface area contributed by atoms with E-state index in [2.05, 4.69) is 62.4 Å². The number of aryl methyl sites for hydroxylation is 1. The molecule has 0 aliphatic carbocycles. The Bertz CT molecular complexity index is 660. The average Bonchev–Trinajstić information content (AvgIpc) is 2.64. The van der Waals surface area contributed by atoms with Crippen LogP contribution in [-0.2, 0) is 15.3 Å². The third kappa shape index (κ3) is 2.50. The Kier molecular flexibility index (Phi) is 3.55. The Morgan fingerprint density at radius 1 is 0.826 bits per heavy atom. The van der Waals surface area contributed by atoms with E-state index in [1.54, 1.807) is 0 Å². The molecule has 3 saturated heterocycles. The van der Waals surface area contributed by atoms with Crippen molar-refractivity contribution in [3.8, 4) is 11.1 Å². The van der Waals surface area contributed by atoms with Gasteiger partial charge in [-0.2, -0.15) is 0 Å². The Morgan fingerprint density at radius 3 is 1.87 bits per heavy atom. The fourth-order valence-electron chi connectivity index (χ4n) is 3.70. The highest BCUT2D eigenvalue weighted by Gasteiger charge is 2.51. The van der Waals surface area contributed by atoms with Crippen LogP contribution in [0.4, 0.5) is 0 Å². The molecule has 3 heterocycles. The SMILES string of the molecule is CCC12CCC(c3ccc(-c4ccc(C)cc4)cc3)(OC1)OC2. The molecule has 3 aliphatic rings. The minimum absolute atomic E-state index is 0.254. The van der Waals surface area contributed by atoms with Gasteiger partial charge in [0, 0.05) is 17.4 Å².